The first-order chi connectivity index (χ1) is 62.5. The third kappa shape index (κ3) is 23.2. The first-order valence-electron chi connectivity index (χ1n) is 43.9. The van der Waals surface area contributed by atoms with Gasteiger partial charge in [0.2, 0.25) is 0 Å². The molecule has 0 spiro atoms. The number of benzene rings is 6. The molecule has 690 valence electrons. The Labute approximate surface area is 791 Å². The second-order valence-electron chi connectivity index (χ2n) is 33.1. The van der Waals surface area contributed by atoms with E-state index in [1.165, 1.54) is 12.0 Å². The van der Waals surface area contributed by atoms with Gasteiger partial charge in [0.05, 0.1) is 87.4 Å². The Bertz CT molecular complexity index is 6180. The molecule has 7 atom stereocenters. The van der Waals surface area contributed by atoms with Crippen LogP contribution in [0.3, 0.4) is 0 Å². The number of halogens is 3. The number of phenols is 5. The number of likely N-dealkylation sites (tertiary alicyclic amines) is 1. The highest BCUT2D eigenvalue weighted by atomic mass is 35.5. The second-order valence-corrected chi connectivity index (χ2v) is 34.4. The van der Waals surface area contributed by atoms with Crippen LogP contribution in [0.4, 0.5) is 0 Å². The average Bonchev–Trinajstić information content (AvgIpc) is 0.715. The van der Waals surface area contributed by atoms with Crippen molar-refractivity contribution in [1.29, 1.82) is 0 Å². The van der Waals surface area contributed by atoms with E-state index in [1.54, 1.807) is 43.4 Å². The summed E-state index contributed by atoms with van der Waals surface area (Å²) in [4.78, 5) is 56.7. The lowest BCUT2D eigenvalue weighted by Gasteiger charge is -2.40. The van der Waals surface area contributed by atoms with Crippen LogP contribution in [0.25, 0.3) is 54.5 Å². The number of rotatable bonds is 16. The standard InChI is InChI=1S/C26H26N4O.C21H22ClN3O2.C20H20ClN3O.C20H22N4O.C15H17ClN2O2.4CH4/c31-26-22(12-11-21-9-6-14-28-24(21)26)25(23-10-4-5-13-27-23)30-17-15-29(16-18-30)19-20-7-2-1-3-8-20;1-13-11-25(12-14(2)27-13)20(18-7-3-4-8-23-18)16-10-17(22)15-6-5-9-24-19(15)21(16)26;21-16-13-15(20(25)18-14(16)7-6-10-23-18)19(17-8-2-3-9-22-17)24-11-4-1-5-12-24;1-23-11-13-24(14-12-23)19(17-6-2-3-9-21-17)16-8-7-15-5-4-10-22-18(15)20(16)25;1-10(18-5-7-20-8-6-18)12-9-13(16)11-3-2-4-17-14(11)15(12)19;;;;/h1-14,25,31H,15-19H2;3-10,13-14,20,26H,11-12H2,1-2H3;2-3,6-10,13,19,25H,1,4-5,11-12H2;2-10,19,25H,11-14H2,1H3;2-4,9-10,19H,5-8H2,1H3;4*1H4. The highest BCUT2D eigenvalue weighted by Gasteiger charge is 2.37. The average molecular weight is 1840 g/mol. The quantitative estimate of drug-likeness (QED) is 0.0602. The fourth-order valence-corrected chi connectivity index (χ4v) is 19.1. The molecule has 6 aromatic carbocycles. The zero-order chi connectivity index (χ0) is 88.6. The largest absolute Gasteiger partial charge is 0.505 e. The van der Waals surface area contributed by atoms with E-state index in [2.05, 4.69) is 137 Å². The van der Waals surface area contributed by atoms with E-state index in [4.69, 9.17) is 44.3 Å². The van der Waals surface area contributed by atoms with Crippen molar-refractivity contribution in [2.75, 3.05) is 112 Å². The van der Waals surface area contributed by atoms with E-state index < -0.39 is 0 Å². The van der Waals surface area contributed by atoms with Crippen LogP contribution in [0.1, 0.15) is 156 Å². The number of fused-ring (bicyclic) bond motifs is 5. The Morgan fingerprint density at radius 3 is 1.08 bits per heavy atom. The number of phenolic OH excluding ortho intramolecular Hbond substituents is 5. The number of nitrogens with zero attached hydrogens (tertiary/aromatic N) is 16. The van der Waals surface area contributed by atoms with Crippen molar-refractivity contribution in [3.63, 3.8) is 0 Å². The van der Waals surface area contributed by atoms with E-state index in [-0.39, 0.29) is 101 Å². The number of aromatic nitrogens is 9. The summed E-state index contributed by atoms with van der Waals surface area (Å²) in [5.41, 5.74) is 12.0. The Hall–Kier alpha value is -11.5. The molecule has 5 aliphatic heterocycles. The van der Waals surface area contributed by atoms with Gasteiger partial charge >= 0.3 is 0 Å². The third-order valence-electron chi connectivity index (χ3n) is 24.7. The Morgan fingerprint density at radius 2 is 0.674 bits per heavy atom. The van der Waals surface area contributed by atoms with Gasteiger partial charge in [0.15, 0.2) is 0 Å². The van der Waals surface area contributed by atoms with Gasteiger partial charge < -0.3 is 39.9 Å². The van der Waals surface area contributed by atoms with Gasteiger partial charge in [0, 0.05) is 202 Å². The van der Waals surface area contributed by atoms with Gasteiger partial charge in [-0.2, -0.15) is 0 Å². The summed E-state index contributed by atoms with van der Waals surface area (Å²) in [7, 11) is 2.14. The van der Waals surface area contributed by atoms with E-state index in [1.807, 2.05) is 188 Å². The molecule has 0 aliphatic carbocycles. The third-order valence-corrected chi connectivity index (χ3v) is 25.6. The normalized spacial score (nSPS) is 17.7. The molecule has 5 N–H and O–H groups in total. The number of morpholine rings is 2. The lowest BCUT2D eigenvalue weighted by molar-refractivity contribution is -0.0770. The molecule has 0 radical (unpaired) electrons. The molecular weight excluding hydrogens is 1720 g/mol. The van der Waals surface area contributed by atoms with Crippen molar-refractivity contribution < 1.29 is 35.0 Å². The molecule has 23 nitrogen and oxygen atoms in total. The van der Waals surface area contributed by atoms with Crippen LogP contribution in [-0.2, 0) is 16.0 Å². The topological polar surface area (TPSA) is 258 Å². The summed E-state index contributed by atoms with van der Waals surface area (Å²) >= 11 is 19.4. The smallest absolute Gasteiger partial charge is 0.147 e. The van der Waals surface area contributed by atoms with E-state index in [0.29, 0.717) is 48.2 Å². The number of ether oxygens (including phenoxy) is 2. The highest BCUT2D eigenvalue weighted by Crippen LogP contribution is 2.46. The van der Waals surface area contributed by atoms with Gasteiger partial charge in [-0.15, -0.1) is 0 Å². The number of aromatic hydroxyl groups is 5. The Kier molecular flexibility index (Phi) is 35.6. The Morgan fingerprint density at radius 1 is 0.333 bits per heavy atom. The molecule has 14 heterocycles. The van der Waals surface area contributed by atoms with Crippen LogP contribution < -0.4 is 0 Å². The minimum Gasteiger partial charge on any atom is -0.505 e. The summed E-state index contributed by atoms with van der Waals surface area (Å²) in [6.07, 6.45) is 19.4. The van der Waals surface area contributed by atoms with Gasteiger partial charge in [-0.1, -0.05) is 162 Å². The second kappa shape index (κ2) is 47.2. The lowest BCUT2D eigenvalue weighted by atomic mass is 9.96. The monoisotopic (exact) mass is 1840 g/mol. The number of pyridine rings is 9. The van der Waals surface area contributed by atoms with Crippen molar-refractivity contribution >= 4 is 89.3 Å². The maximum atomic E-state index is 11.1. The van der Waals surface area contributed by atoms with Gasteiger partial charge in [0.1, 0.15) is 56.3 Å². The summed E-state index contributed by atoms with van der Waals surface area (Å²) in [6, 6.07) is 66.3. The summed E-state index contributed by atoms with van der Waals surface area (Å²) in [5.74, 6) is 1.08. The molecule has 0 bridgehead atoms. The number of likely N-dealkylation sites (N-methyl/N-ethyl adjacent to an activating group) is 1. The SMILES string of the molecule is C.C.C.C.CC(c1cc(Cl)c2cccnc2c1O)N1CCOCC1.CC1CN(C(c2ccccn2)c2cc(Cl)c3cccnc3c2O)CC(C)O1.CN1CCN(C(c2ccccn2)c2ccc3cccnc3c2O)CC1.Oc1c(C(c2ccccn2)N2CCCCC2)cc(Cl)c2cccnc12.Oc1c(C(c2ccccn2)N2CCN(Cc3ccccc3)CC2)ccc2cccnc12. The molecule has 132 heavy (non-hydrogen) atoms. The molecule has 7 unspecified atom stereocenters. The number of piperidine rings is 1. The first-order valence-corrected chi connectivity index (χ1v) is 45.1. The van der Waals surface area contributed by atoms with Crippen molar-refractivity contribution in [2.24, 2.45) is 0 Å². The zero-order valence-corrected chi connectivity index (χ0v) is 74.6. The molecule has 15 aromatic rings. The van der Waals surface area contributed by atoms with Crippen molar-refractivity contribution in [3.8, 4) is 28.7 Å². The highest BCUT2D eigenvalue weighted by molar-refractivity contribution is 6.36. The lowest BCUT2D eigenvalue weighted by Crippen LogP contribution is -2.47. The molecule has 0 saturated carbocycles. The van der Waals surface area contributed by atoms with Crippen LogP contribution in [0.5, 0.6) is 28.7 Å². The maximum absolute atomic E-state index is 11.1. The van der Waals surface area contributed by atoms with E-state index in [0.717, 1.165) is 196 Å². The molecule has 5 fully saturated rings. The van der Waals surface area contributed by atoms with Gasteiger partial charge in [-0.25, -0.2) is 0 Å². The predicted molar refractivity (Wildman–Crippen MR) is 533 cm³/mol. The zero-order valence-electron chi connectivity index (χ0n) is 72.4. The predicted octanol–water partition coefficient (Wildman–Crippen LogP) is 21.2. The minimum atomic E-state index is -0.232. The molecule has 26 heteroatoms. The molecule has 0 amide bonds. The molecular formula is C106H123Cl3N16O7. The number of hydrogen-bond donors (Lipinski definition) is 5. The van der Waals surface area contributed by atoms with Crippen molar-refractivity contribution in [3.05, 3.63) is 333 Å². The molecule has 5 saturated heterocycles. The number of hydrogen-bond acceptors (Lipinski definition) is 23. The fourth-order valence-electron chi connectivity index (χ4n) is 18.3. The molecule has 20 rings (SSSR count). The van der Waals surface area contributed by atoms with Gasteiger partial charge in [-0.05, 0) is 175 Å². The summed E-state index contributed by atoms with van der Waals surface area (Å²) in [5, 5.41) is 60.6. The summed E-state index contributed by atoms with van der Waals surface area (Å²) in [6.45, 7) is 21.5. The summed E-state index contributed by atoms with van der Waals surface area (Å²) < 4.78 is 11.3. The van der Waals surface area contributed by atoms with Crippen LogP contribution >= 0.6 is 34.8 Å². The van der Waals surface area contributed by atoms with Crippen LogP contribution in [0.2, 0.25) is 15.1 Å². The molecule has 5 aliphatic rings. The van der Waals surface area contributed by atoms with Crippen LogP contribution in [0.15, 0.2) is 262 Å². The molecule has 9 aromatic heterocycles. The van der Waals surface area contributed by atoms with E-state index in [9.17, 15) is 25.5 Å². The van der Waals surface area contributed by atoms with Gasteiger partial charge in [-0.3, -0.25) is 74.3 Å². The van der Waals surface area contributed by atoms with Crippen molar-refractivity contribution in [1.82, 2.24) is 79.2 Å². The number of piperazine rings is 2. The van der Waals surface area contributed by atoms with Crippen LogP contribution in [-0.4, -0.2) is 229 Å². The fraction of sp³-hybridized carbons (Fsp3) is 0.330. The first kappa shape index (κ1) is 99.5. The minimum absolute atomic E-state index is 0. The maximum Gasteiger partial charge on any atom is 0.147 e. The van der Waals surface area contributed by atoms with Crippen molar-refractivity contribution in [2.45, 2.75) is 119 Å². The van der Waals surface area contributed by atoms with E-state index >= 15 is 0 Å². The van der Waals surface area contributed by atoms with Gasteiger partial charge in [0.25, 0.3) is 0 Å². The van der Waals surface area contributed by atoms with Crippen LogP contribution in [0, 0.1) is 0 Å². The Balaban J connectivity index is 0.000000149.